The molecular weight excluding hydrogens is 386 g/mol. The Morgan fingerprint density at radius 3 is 2.17 bits per heavy atom. The van der Waals surface area contributed by atoms with Gasteiger partial charge in [-0.3, -0.25) is 4.57 Å². The normalized spacial score (nSPS) is 16.6. The standard InChI is InChI=1S/C22H27N3O3S/c1-14-13-15(2)17(4)21(16(14)3)29(27,28)24-11-9-18(10-12-24)25-20-8-6-5-7-19(20)23-22(25)26/h5-8,13,18H,9-12H2,1-4H3,(H,23,26). The van der Waals surface area contributed by atoms with Crippen LogP contribution < -0.4 is 5.69 Å². The van der Waals surface area contributed by atoms with Gasteiger partial charge < -0.3 is 4.98 Å². The highest BCUT2D eigenvalue weighted by Crippen LogP contribution is 2.32. The summed E-state index contributed by atoms with van der Waals surface area (Å²) in [7, 11) is -3.58. The number of para-hydroxylation sites is 2. The van der Waals surface area contributed by atoms with Crippen LogP contribution in [-0.2, 0) is 10.0 Å². The molecule has 0 atom stereocenters. The lowest BCUT2D eigenvalue weighted by Crippen LogP contribution is -2.41. The average molecular weight is 414 g/mol. The third kappa shape index (κ3) is 3.22. The maximum Gasteiger partial charge on any atom is 0.326 e. The molecular formula is C22H27N3O3S. The maximum atomic E-state index is 13.5. The van der Waals surface area contributed by atoms with Gasteiger partial charge in [0, 0.05) is 19.1 Å². The fraction of sp³-hybridized carbons (Fsp3) is 0.409. The zero-order chi connectivity index (χ0) is 20.9. The zero-order valence-electron chi connectivity index (χ0n) is 17.3. The molecule has 2 aromatic carbocycles. The van der Waals surface area contributed by atoms with E-state index in [1.54, 1.807) is 8.87 Å². The van der Waals surface area contributed by atoms with Crippen molar-refractivity contribution in [3.8, 4) is 0 Å². The lowest BCUT2D eigenvalue weighted by atomic mass is 10.0. The van der Waals surface area contributed by atoms with E-state index < -0.39 is 10.0 Å². The number of imidazole rings is 1. The van der Waals surface area contributed by atoms with Crippen molar-refractivity contribution in [1.82, 2.24) is 13.9 Å². The summed E-state index contributed by atoms with van der Waals surface area (Å²) in [5.74, 6) is 0. The molecule has 7 heteroatoms. The minimum atomic E-state index is -3.58. The number of benzene rings is 2. The molecule has 0 amide bonds. The van der Waals surface area contributed by atoms with E-state index in [4.69, 9.17) is 0 Å². The van der Waals surface area contributed by atoms with Crippen LogP contribution in [0.3, 0.4) is 0 Å². The lowest BCUT2D eigenvalue weighted by Gasteiger charge is -2.32. The molecule has 0 spiro atoms. The maximum absolute atomic E-state index is 13.5. The van der Waals surface area contributed by atoms with Gasteiger partial charge in [0.25, 0.3) is 0 Å². The monoisotopic (exact) mass is 413 g/mol. The van der Waals surface area contributed by atoms with Gasteiger partial charge in [0.1, 0.15) is 0 Å². The summed E-state index contributed by atoms with van der Waals surface area (Å²) in [5, 5.41) is 0. The number of piperidine rings is 1. The molecule has 2 heterocycles. The first-order chi connectivity index (χ1) is 13.7. The molecule has 1 aliphatic rings. The van der Waals surface area contributed by atoms with Gasteiger partial charge in [-0.25, -0.2) is 13.2 Å². The predicted molar refractivity (Wildman–Crippen MR) is 115 cm³/mol. The fourth-order valence-electron chi connectivity index (χ4n) is 4.47. The summed E-state index contributed by atoms with van der Waals surface area (Å²) in [6, 6.07) is 9.66. The van der Waals surface area contributed by atoms with E-state index in [0.29, 0.717) is 30.8 Å². The average Bonchev–Trinajstić information content (AvgIpc) is 3.02. The summed E-state index contributed by atoms with van der Waals surface area (Å²) in [5.41, 5.74) is 5.19. The van der Waals surface area contributed by atoms with Crippen molar-refractivity contribution in [2.75, 3.05) is 13.1 Å². The van der Waals surface area contributed by atoms with Crippen LogP contribution in [0, 0.1) is 27.7 Å². The van der Waals surface area contributed by atoms with Crippen LogP contribution in [0.5, 0.6) is 0 Å². The van der Waals surface area contributed by atoms with Crippen LogP contribution >= 0.6 is 0 Å². The molecule has 0 radical (unpaired) electrons. The minimum Gasteiger partial charge on any atom is -0.306 e. The Balaban J connectivity index is 1.63. The van der Waals surface area contributed by atoms with Gasteiger partial charge in [-0.2, -0.15) is 4.31 Å². The molecule has 3 aromatic rings. The smallest absolute Gasteiger partial charge is 0.306 e. The Hall–Kier alpha value is -2.38. The number of aromatic nitrogens is 2. The minimum absolute atomic E-state index is 0.00783. The van der Waals surface area contributed by atoms with Crippen LogP contribution in [-0.4, -0.2) is 35.4 Å². The molecule has 1 aliphatic heterocycles. The lowest BCUT2D eigenvalue weighted by molar-refractivity contribution is 0.274. The molecule has 0 unspecified atom stereocenters. The Morgan fingerprint density at radius 1 is 0.966 bits per heavy atom. The molecule has 1 N–H and O–H groups in total. The van der Waals surface area contributed by atoms with E-state index in [9.17, 15) is 13.2 Å². The van der Waals surface area contributed by atoms with E-state index >= 15 is 0 Å². The van der Waals surface area contributed by atoms with Crippen molar-refractivity contribution in [1.29, 1.82) is 0 Å². The summed E-state index contributed by atoms with van der Waals surface area (Å²) in [4.78, 5) is 15.8. The second-order valence-electron chi connectivity index (χ2n) is 8.04. The number of sulfonamides is 1. The van der Waals surface area contributed by atoms with Crippen molar-refractivity contribution >= 4 is 21.1 Å². The van der Waals surface area contributed by atoms with Crippen molar-refractivity contribution in [2.45, 2.75) is 51.5 Å². The van der Waals surface area contributed by atoms with Gasteiger partial charge in [-0.05, 0) is 74.9 Å². The third-order valence-electron chi connectivity index (χ3n) is 6.31. The van der Waals surface area contributed by atoms with Crippen molar-refractivity contribution < 1.29 is 8.42 Å². The Kier molecular flexibility index (Phi) is 4.91. The van der Waals surface area contributed by atoms with Gasteiger partial charge in [-0.1, -0.05) is 18.2 Å². The molecule has 1 fully saturated rings. The van der Waals surface area contributed by atoms with Crippen LogP contribution in [0.2, 0.25) is 0 Å². The quantitative estimate of drug-likeness (QED) is 0.713. The number of nitrogens with one attached hydrogen (secondary N) is 1. The van der Waals surface area contributed by atoms with E-state index in [2.05, 4.69) is 4.98 Å². The molecule has 29 heavy (non-hydrogen) atoms. The molecule has 0 saturated carbocycles. The molecule has 0 aliphatic carbocycles. The second kappa shape index (κ2) is 7.15. The van der Waals surface area contributed by atoms with E-state index in [-0.39, 0.29) is 11.7 Å². The van der Waals surface area contributed by atoms with E-state index in [1.165, 1.54) is 0 Å². The third-order valence-corrected chi connectivity index (χ3v) is 8.48. The first-order valence-electron chi connectivity index (χ1n) is 9.98. The Bertz CT molecular complexity index is 1220. The summed E-state index contributed by atoms with van der Waals surface area (Å²) < 4.78 is 30.3. The number of rotatable bonds is 3. The van der Waals surface area contributed by atoms with Gasteiger partial charge in [0.05, 0.1) is 15.9 Å². The number of hydrogen-bond donors (Lipinski definition) is 1. The number of hydrogen-bond acceptors (Lipinski definition) is 3. The van der Waals surface area contributed by atoms with E-state index in [1.807, 2.05) is 58.0 Å². The van der Waals surface area contributed by atoms with Gasteiger partial charge >= 0.3 is 5.69 Å². The van der Waals surface area contributed by atoms with Gasteiger partial charge in [-0.15, -0.1) is 0 Å². The van der Waals surface area contributed by atoms with Crippen molar-refractivity contribution in [3.05, 3.63) is 63.1 Å². The fourth-order valence-corrected chi connectivity index (χ4v) is 6.52. The molecule has 154 valence electrons. The van der Waals surface area contributed by atoms with Crippen LogP contribution in [0.1, 0.15) is 41.1 Å². The topological polar surface area (TPSA) is 75.2 Å². The zero-order valence-corrected chi connectivity index (χ0v) is 18.1. The van der Waals surface area contributed by atoms with Crippen LogP contribution in [0.15, 0.2) is 40.0 Å². The van der Waals surface area contributed by atoms with Crippen molar-refractivity contribution in [2.24, 2.45) is 0 Å². The Labute approximate surface area is 171 Å². The molecule has 6 nitrogen and oxygen atoms in total. The number of aromatic amines is 1. The van der Waals surface area contributed by atoms with Crippen LogP contribution in [0.25, 0.3) is 11.0 Å². The molecule has 1 saturated heterocycles. The number of H-pyrrole nitrogens is 1. The summed E-state index contributed by atoms with van der Waals surface area (Å²) in [6.45, 7) is 8.49. The first kappa shape index (κ1) is 19.9. The largest absolute Gasteiger partial charge is 0.326 e. The SMILES string of the molecule is Cc1cc(C)c(C)c(S(=O)(=O)N2CCC(n3c(=O)[nH]c4ccccc43)CC2)c1C. The number of aryl methyl sites for hydroxylation is 2. The molecule has 0 bridgehead atoms. The highest BCUT2D eigenvalue weighted by atomic mass is 32.2. The predicted octanol–water partition coefficient (Wildman–Crippen LogP) is 3.59. The molecule has 4 rings (SSSR count). The second-order valence-corrected chi connectivity index (χ2v) is 9.92. The van der Waals surface area contributed by atoms with Gasteiger partial charge in [0.2, 0.25) is 10.0 Å². The van der Waals surface area contributed by atoms with E-state index in [0.717, 1.165) is 33.3 Å². The number of nitrogens with zero attached hydrogens (tertiary/aromatic N) is 2. The first-order valence-corrected chi connectivity index (χ1v) is 11.4. The Morgan fingerprint density at radius 2 is 1.55 bits per heavy atom. The summed E-state index contributed by atoms with van der Waals surface area (Å²) >= 11 is 0. The van der Waals surface area contributed by atoms with Gasteiger partial charge in [0.15, 0.2) is 0 Å². The molecule has 1 aromatic heterocycles. The highest BCUT2D eigenvalue weighted by Gasteiger charge is 2.33. The summed E-state index contributed by atoms with van der Waals surface area (Å²) in [6.07, 6.45) is 1.23. The number of fused-ring (bicyclic) bond motifs is 1. The van der Waals surface area contributed by atoms with Crippen molar-refractivity contribution in [3.63, 3.8) is 0 Å². The van der Waals surface area contributed by atoms with Crippen LogP contribution in [0.4, 0.5) is 0 Å². The highest BCUT2D eigenvalue weighted by molar-refractivity contribution is 7.89.